The van der Waals surface area contributed by atoms with Crippen molar-refractivity contribution in [1.29, 1.82) is 0 Å². The molecule has 110 valence electrons. The fourth-order valence-electron chi connectivity index (χ4n) is 1.51. The minimum absolute atomic E-state index is 0.188. The molecule has 2 atom stereocenters. The smallest absolute Gasteiger partial charge is 0.282 e. The van der Waals surface area contributed by atoms with Gasteiger partial charge in [-0.25, -0.2) is 0 Å². The van der Waals surface area contributed by atoms with Gasteiger partial charge in [-0.1, -0.05) is 41.5 Å². The van der Waals surface area contributed by atoms with E-state index < -0.39 is 17.1 Å². The molecular formula is C14H23F3N2. The second-order valence-corrected chi connectivity index (χ2v) is 7.43. The predicted octanol–water partition coefficient (Wildman–Crippen LogP) is 4.29. The summed E-state index contributed by atoms with van der Waals surface area (Å²) in [5.41, 5.74) is -2.22. The van der Waals surface area contributed by atoms with E-state index in [9.17, 15) is 13.2 Å². The molecule has 2 aliphatic rings. The van der Waals surface area contributed by atoms with Crippen molar-refractivity contribution in [1.82, 2.24) is 0 Å². The highest BCUT2D eigenvalue weighted by molar-refractivity contribution is 5.87. The Hall–Kier alpha value is -0.870. The van der Waals surface area contributed by atoms with Crippen molar-refractivity contribution >= 4 is 12.4 Å². The molecule has 5 heteroatoms. The third-order valence-electron chi connectivity index (χ3n) is 4.00. The summed E-state index contributed by atoms with van der Waals surface area (Å²) in [4.78, 5) is 7.51. The van der Waals surface area contributed by atoms with Crippen LogP contribution in [0.1, 0.15) is 48.5 Å². The highest BCUT2D eigenvalue weighted by atomic mass is 19.4. The Labute approximate surface area is 113 Å². The fraction of sp³-hybridized carbons (Fsp3) is 0.857. The quantitative estimate of drug-likeness (QED) is 0.630. The van der Waals surface area contributed by atoms with E-state index in [-0.39, 0.29) is 5.54 Å². The maximum absolute atomic E-state index is 12.3. The molecule has 0 bridgehead atoms. The van der Waals surface area contributed by atoms with E-state index in [1.165, 1.54) is 20.8 Å². The van der Waals surface area contributed by atoms with E-state index in [1.807, 2.05) is 6.21 Å². The Kier molecular flexibility index (Phi) is 3.46. The van der Waals surface area contributed by atoms with Crippen molar-refractivity contribution < 1.29 is 13.2 Å². The number of aliphatic imine (C=N–C) groups is 2. The molecular weight excluding hydrogens is 253 g/mol. The molecule has 0 radical (unpaired) electrons. The lowest BCUT2D eigenvalue weighted by Crippen LogP contribution is -2.45. The van der Waals surface area contributed by atoms with Crippen LogP contribution in [-0.2, 0) is 0 Å². The zero-order valence-corrected chi connectivity index (χ0v) is 12.7. The van der Waals surface area contributed by atoms with Crippen LogP contribution in [0, 0.1) is 10.8 Å². The molecule has 0 aromatic carbocycles. The van der Waals surface area contributed by atoms with Crippen LogP contribution in [0.15, 0.2) is 9.98 Å². The van der Waals surface area contributed by atoms with Gasteiger partial charge in [0.15, 0.2) is 5.54 Å². The van der Waals surface area contributed by atoms with Crippen molar-refractivity contribution in [3.05, 3.63) is 0 Å². The van der Waals surface area contributed by atoms with Crippen molar-refractivity contribution in [3.8, 4) is 0 Å². The Morgan fingerprint density at radius 1 is 0.789 bits per heavy atom. The van der Waals surface area contributed by atoms with Gasteiger partial charge >= 0.3 is 6.18 Å². The van der Waals surface area contributed by atoms with Crippen molar-refractivity contribution in [2.24, 2.45) is 20.8 Å². The van der Waals surface area contributed by atoms with Crippen LogP contribution in [-0.4, -0.2) is 29.7 Å². The van der Waals surface area contributed by atoms with Crippen LogP contribution < -0.4 is 0 Å². The van der Waals surface area contributed by atoms with Gasteiger partial charge < -0.3 is 0 Å². The van der Waals surface area contributed by atoms with E-state index in [2.05, 4.69) is 37.7 Å². The topological polar surface area (TPSA) is 24.7 Å². The number of hydrogen-bond acceptors (Lipinski definition) is 2. The van der Waals surface area contributed by atoms with Gasteiger partial charge in [-0.05, 0) is 12.3 Å². The molecule has 2 nitrogen and oxygen atoms in total. The van der Waals surface area contributed by atoms with Gasteiger partial charge in [0.1, 0.15) is 0 Å². The fourth-order valence-corrected chi connectivity index (χ4v) is 1.51. The summed E-state index contributed by atoms with van der Waals surface area (Å²) < 4.78 is 36.8. The standard InChI is InChI=1S/C7H10F3N.C7H13N/c1-5(2,3)6(4-11-6)7(8,9)10;1-6(2,3)7(4)5-8-7/h4H,1-3H3;5H,1-4H3. The highest BCUT2D eigenvalue weighted by Gasteiger charge is 2.66. The molecule has 2 rings (SSSR count). The molecule has 0 fully saturated rings. The molecule has 0 aliphatic carbocycles. The van der Waals surface area contributed by atoms with Crippen LogP contribution in [0.5, 0.6) is 0 Å². The van der Waals surface area contributed by atoms with Crippen molar-refractivity contribution in [2.45, 2.75) is 65.7 Å². The number of rotatable bonds is 0. The number of halogens is 3. The molecule has 2 heterocycles. The van der Waals surface area contributed by atoms with E-state index in [4.69, 9.17) is 0 Å². The minimum atomic E-state index is -4.23. The molecule has 0 aromatic heterocycles. The zero-order valence-electron chi connectivity index (χ0n) is 12.7. The predicted molar refractivity (Wildman–Crippen MR) is 73.1 cm³/mol. The van der Waals surface area contributed by atoms with Gasteiger partial charge in [0.2, 0.25) is 0 Å². The van der Waals surface area contributed by atoms with Crippen LogP contribution >= 0.6 is 0 Å². The SMILES string of the molecule is CC(C)(C)C1(C(F)(F)F)C=N1.CC(C)(C)C1(C)C=N1. The zero-order chi connectivity index (χ0) is 15.3. The first-order chi connectivity index (χ1) is 8.16. The molecule has 0 N–H and O–H groups in total. The maximum Gasteiger partial charge on any atom is 0.419 e. The maximum atomic E-state index is 12.3. The lowest BCUT2D eigenvalue weighted by atomic mass is 9.79. The monoisotopic (exact) mass is 276 g/mol. The average molecular weight is 276 g/mol. The molecule has 19 heavy (non-hydrogen) atoms. The van der Waals surface area contributed by atoms with Gasteiger partial charge in [0.25, 0.3) is 0 Å². The lowest BCUT2D eigenvalue weighted by Gasteiger charge is -2.30. The summed E-state index contributed by atoms with van der Waals surface area (Å²) in [6.07, 6.45) is -1.23. The molecule has 0 amide bonds. The van der Waals surface area contributed by atoms with Gasteiger partial charge in [-0.3, -0.25) is 9.98 Å². The molecule has 2 aliphatic heterocycles. The second kappa shape index (κ2) is 4.06. The van der Waals surface area contributed by atoms with E-state index in [0.29, 0.717) is 5.41 Å². The van der Waals surface area contributed by atoms with Crippen LogP contribution in [0.2, 0.25) is 0 Å². The van der Waals surface area contributed by atoms with Crippen LogP contribution in [0.4, 0.5) is 13.2 Å². The Bertz CT molecular complexity index is 375. The summed E-state index contributed by atoms with van der Waals surface area (Å²) in [5, 5.41) is 0. The van der Waals surface area contributed by atoms with Crippen LogP contribution in [0.25, 0.3) is 0 Å². The number of alkyl halides is 3. The van der Waals surface area contributed by atoms with Crippen molar-refractivity contribution in [2.75, 3.05) is 0 Å². The van der Waals surface area contributed by atoms with E-state index in [1.54, 1.807) is 0 Å². The van der Waals surface area contributed by atoms with E-state index in [0.717, 1.165) is 6.21 Å². The van der Waals surface area contributed by atoms with Gasteiger partial charge in [-0.2, -0.15) is 13.2 Å². The van der Waals surface area contributed by atoms with Gasteiger partial charge in [0, 0.05) is 17.8 Å². The molecule has 0 spiro atoms. The third-order valence-corrected chi connectivity index (χ3v) is 4.00. The Balaban J connectivity index is 0.000000200. The third kappa shape index (κ3) is 3.00. The Morgan fingerprint density at radius 2 is 1.16 bits per heavy atom. The summed E-state index contributed by atoms with van der Waals surface area (Å²) in [6, 6.07) is 0. The summed E-state index contributed by atoms with van der Waals surface area (Å²) in [6.45, 7) is 13.4. The Morgan fingerprint density at radius 3 is 1.16 bits per heavy atom. The average Bonchev–Trinajstić information content (AvgIpc) is 2.90. The highest BCUT2D eigenvalue weighted by Crippen LogP contribution is 2.51. The summed E-state index contributed by atoms with van der Waals surface area (Å²) >= 11 is 0. The normalized spacial score (nSPS) is 32.7. The number of nitrogens with zero attached hydrogens (tertiary/aromatic N) is 2. The first-order valence-corrected chi connectivity index (χ1v) is 6.36. The molecule has 2 unspecified atom stereocenters. The minimum Gasteiger partial charge on any atom is -0.282 e. The molecule has 0 saturated heterocycles. The van der Waals surface area contributed by atoms with Crippen molar-refractivity contribution in [3.63, 3.8) is 0 Å². The largest absolute Gasteiger partial charge is 0.419 e. The molecule has 0 saturated carbocycles. The first kappa shape index (κ1) is 16.2. The first-order valence-electron chi connectivity index (χ1n) is 6.36. The second-order valence-electron chi connectivity index (χ2n) is 7.43. The van der Waals surface area contributed by atoms with Gasteiger partial charge in [0.05, 0.1) is 5.54 Å². The van der Waals surface area contributed by atoms with Crippen LogP contribution in [0.3, 0.4) is 0 Å². The number of hydrogen-bond donors (Lipinski definition) is 0. The van der Waals surface area contributed by atoms with E-state index >= 15 is 0 Å². The summed E-state index contributed by atoms with van der Waals surface area (Å²) in [5.74, 6) is 0. The molecule has 0 aromatic rings. The summed E-state index contributed by atoms with van der Waals surface area (Å²) in [7, 11) is 0. The van der Waals surface area contributed by atoms with Gasteiger partial charge in [-0.15, -0.1) is 0 Å². The lowest BCUT2D eigenvalue weighted by molar-refractivity contribution is -0.175.